The molecule has 1 aliphatic heterocycles. The number of amides is 2. The third-order valence-corrected chi connectivity index (χ3v) is 4.98. The summed E-state index contributed by atoms with van der Waals surface area (Å²) in [5.74, 6) is -0.940. The number of piperazine rings is 1. The fraction of sp³-hybridized carbons (Fsp3) is 0.333. The van der Waals surface area contributed by atoms with Gasteiger partial charge in [-0.15, -0.1) is 24.8 Å². The number of nitrogens with zero attached hydrogens (tertiary/aromatic N) is 2. The minimum Gasteiger partial charge on any atom is -0.399 e. The smallest absolute Gasteiger partial charge is 0.254 e. The van der Waals surface area contributed by atoms with Crippen LogP contribution in [0.1, 0.15) is 26.3 Å². The molecule has 30 heavy (non-hydrogen) atoms. The summed E-state index contributed by atoms with van der Waals surface area (Å²) >= 11 is 0. The molecule has 0 atom stereocenters. The van der Waals surface area contributed by atoms with E-state index in [1.165, 1.54) is 12.1 Å². The zero-order valence-electron chi connectivity index (χ0n) is 16.8. The third-order valence-electron chi connectivity index (χ3n) is 4.98. The average Bonchev–Trinajstić information content (AvgIpc) is 2.70. The molecule has 0 bridgehead atoms. The van der Waals surface area contributed by atoms with Gasteiger partial charge in [0.25, 0.3) is 11.8 Å². The molecular weight excluding hydrogens is 430 g/mol. The van der Waals surface area contributed by atoms with E-state index in [1.807, 2.05) is 17.9 Å². The van der Waals surface area contributed by atoms with Gasteiger partial charge >= 0.3 is 0 Å². The van der Waals surface area contributed by atoms with Crippen molar-refractivity contribution in [2.45, 2.75) is 6.92 Å². The Bertz CT molecular complexity index is 874. The number of anilines is 1. The summed E-state index contributed by atoms with van der Waals surface area (Å²) in [6.07, 6.45) is 0. The number of carbonyl (C=O) groups excluding carboxylic acids is 2. The second-order valence-corrected chi connectivity index (χ2v) is 6.94. The van der Waals surface area contributed by atoms with E-state index in [0.717, 1.165) is 18.7 Å². The fourth-order valence-electron chi connectivity index (χ4n) is 3.28. The number of rotatable bonds is 5. The van der Waals surface area contributed by atoms with E-state index in [2.05, 4.69) is 10.2 Å². The van der Waals surface area contributed by atoms with Crippen LogP contribution in [-0.4, -0.2) is 60.9 Å². The van der Waals surface area contributed by atoms with Crippen molar-refractivity contribution in [2.75, 3.05) is 45.0 Å². The van der Waals surface area contributed by atoms with Crippen LogP contribution in [0.4, 0.5) is 10.1 Å². The molecule has 3 rings (SSSR count). The van der Waals surface area contributed by atoms with Crippen LogP contribution in [0, 0.1) is 12.7 Å². The van der Waals surface area contributed by atoms with Gasteiger partial charge in [0.15, 0.2) is 0 Å². The Morgan fingerprint density at radius 2 is 1.70 bits per heavy atom. The lowest BCUT2D eigenvalue weighted by molar-refractivity contribution is 0.0637. The molecular formula is C21H27Cl2FN4O2. The second kappa shape index (κ2) is 11.7. The molecule has 2 aromatic carbocycles. The van der Waals surface area contributed by atoms with Crippen molar-refractivity contribution < 1.29 is 14.0 Å². The second-order valence-electron chi connectivity index (χ2n) is 6.94. The molecule has 6 nitrogen and oxygen atoms in total. The van der Waals surface area contributed by atoms with Crippen molar-refractivity contribution in [3.05, 3.63) is 65.0 Å². The van der Waals surface area contributed by atoms with Crippen LogP contribution in [0.2, 0.25) is 0 Å². The lowest BCUT2D eigenvalue weighted by atomic mass is 10.1. The fourth-order valence-corrected chi connectivity index (χ4v) is 3.28. The molecule has 0 saturated carbocycles. The Kier molecular flexibility index (Phi) is 10.0. The van der Waals surface area contributed by atoms with Gasteiger partial charge in [0.05, 0.1) is 5.56 Å². The van der Waals surface area contributed by atoms with E-state index in [4.69, 9.17) is 5.73 Å². The SMILES string of the molecule is Cc1ccc(N)cc1C(=O)N1CCN(CCNC(=O)c2ccccc2F)CC1.Cl.Cl. The normalized spacial score (nSPS) is 13.7. The summed E-state index contributed by atoms with van der Waals surface area (Å²) < 4.78 is 13.6. The maximum Gasteiger partial charge on any atom is 0.254 e. The first-order valence-corrected chi connectivity index (χ1v) is 9.36. The monoisotopic (exact) mass is 456 g/mol. The van der Waals surface area contributed by atoms with Crippen molar-refractivity contribution in [3.8, 4) is 0 Å². The highest BCUT2D eigenvalue weighted by atomic mass is 35.5. The lowest BCUT2D eigenvalue weighted by Gasteiger charge is -2.35. The van der Waals surface area contributed by atoms with E-state index >= 15 is 0 Å². The van der Waals surface area contributed by atoms with Gasteiger partial charge in [-0.05, 0) is 36.8 Å². The van der Waals surface area contributed by atoms with E-state index in [0.29, 0.717) is 37.4 Å². The molecule has 0 radical (unpaired) electrons. The predicted molar refractivity (Wildman–Crippen MR) is 121 cm³/mol. The van der Waals surface area contributed by atoms with Gasteiger partial charge in [0.1, 0.15) is 5.82 Å². The Morgan fingerprint density at radius 3 is 2.37 bits per heavy atom. The Hall–Kier alpha value is -2.35. The Labute approximate surface area is 188 Å². The molecule has 2 aromatic rings. The van der Waals surface area contributed by atoms with E-state index < -0.39 is 11.7 Å². The van der Waals surface area contributed by atoms with Crippen LogP contribution >= 0.6 is 24.8 Å². The average molecular weight is 457 g/mol. The van der Waals surface area contributed by atoms with Gasteiger partial charge in [-0.1, -0.05) is 18.2 Å². The molecule has 2 amide bonds. The standard InChI is InChI=1S/C21H25FN4O2.2ClH/c1-15-6-7-16(23)14-18(15)21(28)26-12-10-25(11-13-26)9-8-24-20(27)17-4-2-3-5-19(17)22;;/h2-7,14H,8-13,23H2,1H3,(H,24,27);2*1H. The third kappa shape index (κ3) is 6.32. The van der Waals surface area contributed by atoms with Gasteiger partial charge in [-0.2, -0.15) is 0 Å². The number of benzene rings is 2. The first kappa shape index (κ1) is 25.7. The molecule has 164 valence electrons. The van der Waals surface area contributed by atoms with Gasteiger partial charge < -0.3 is 16.0 Å². The molecule has 0 aromatic heterocycles. The highest BCUT2D eigenvalue weighted by Gasteiger charge is 2.23. The number of nitrogens with one attached hydrogen (secondary N) is 1. The van der Waals surface area contributed by atoms with Crippen molar-refractivity contribution in [1.82, 2.24) is 15.1 Å². The molecule has 1 fully saturated rings. The first-order valence-electron chi connectivity index (χ1n) is 9.36. The summed E-state index contributed by atoms with van der Waals surface area (Å²) in [6.45, 7) is 5.67. The Balaban J connectivity index is 0.00000225. The van der Waals surface area contributed by atoms with Crippen LogP contribution in [0.25, 0.3) is 0 Å². The number of hydrogen-bond acceptors (Lipinski definition) is 4. The van der Waals surface area contributed by atoms with Gasteiger partial charge in [-0.25, -0.2) is 4.39 Å². The van der Waals surface area contributed by atoms with Crippen molar-refractivity contribution >= 4 is 42.3 Å². The topological polar surface area (TPSA) is 78.7 Å². The summed E-state index contributed by atoms with van der Waals surface area (Å²) in [6, 6.07) is 11.3. The molecule has 9 heteroatoms. The highest BCUT2D eigenvalue weighted by Crippen LogP contribution is 2.16. The Morgan fingerprint density at radius 1 is 1.03 bits per heavy atom. The molecule has 1 saturated heterocycles. The van der Waals surface area contributed by atoms with Crippen LogP contribution in [0.3, 0.4) is 0 Å². The van der Waals surface area contributed by atoms with E-state index in [9.17, 15) is 14.0 Å². The zero-order chi connectivity index (χ0) is 20.1. The number of nitrogens with two attached hydrogens (primary N) is 1. The van der Waals surface area contributed by atoms with Crippen molar-refractivity contribution in [2.24, 2.45) is 0 Å². The van der Waals surface area contributed by atoms with Crippen LogP contribution < -0.4 is 11.1 Å². The van der Waals surface area contributed by atoms with Gasteiger partial charge in [0.2, 0.25) is 0 Å². The maximum absolute atomic E-state index is 13.6. The first-order chi connectivity index (χ1) is 13.5. The van der Waals surface area contributed by atoms with Crippen molar-refractivity contribution in [1.29, 1.82) is 0 Å². The summed E-state index contributed by atoms with van der Waals surface area (Å²) in [7, 11) is 0. The lowest BCUT2D eigenvalue weighted by Crippen LogP contribution is -2.50. The van der Waals surface area contributed by atoms with Gasteiger partial charge in [-0.3, -0.25) is 14.5 Å². The summed E-state index contributed by atoms with van der Waals surface area (Å²) in [4.78, 5) is 28.8. The summed E-state index contributed by atoms with van der Waals surface area (Å²) in [5, 5.41) is 2.75. The van der Waals surface area contributed by atoms with Crippen LogP contribution in [0.5, 0.6) is 0 Å². The molecule has 1 aliphatic rings. The number of carbonyl (C=O) groups is 2. The van der Waals surface area contributed by atoms with E-state index in [1.54, 1.807) is 24.3 Å². The van der Waals surface area contributed by atoms with E-state index in [-0.39, 0.29) is 36.3 Å². The summed E-state index contributed by atoms with van der Waals surface area (Å²) in [5.41, 5.74) is 8.00. The molecule has 1 heterocycles. The molecule has 0 spiro atoms. The molecule has 3 N–H and O–H groups in total. The molecule has 0 unspecified atom stereocenters. The van der Waals surface area contributed by atoms with Crippen LogP contribution in [0.15, 0.2) is 42.5 Å². The minimum absolute atomic E-state index is 0. The molecule has 0 aliphatic carbocycles. The van der Waals surface area contributed by atoms with Gasteiger partial charge in [0, 0.05) is 50.5 Å². The number of hydrogen-bond donors (Lipinski definition) is 2. The van der Waals surface area contributed by atoms with Crippen molar-refractivity contribution in [3.63, 3.8) is 0 Å². The predicted octanol–water partition coefficient (Wildman–Crippen LogP) is 2.75. The number of aryl methyl sites for hydroxylation is 1. The zero-order valence-corrected chi connectivity index (χ0v) is 18.4. The largest absolute Gasteiger partial charge is 0.399 e. The number of nitrogen functional groups attached to an aromatic ring is 1. The van der Waals surface area contributed by atoms with Crippen LogP contribution in [-0.2, 0) is 0 Å². The maximum atomic E-state index is 13.6. The number of halogens is 3. The minimum atomic E-state index is -0.524. The quantitative estimate of drug-likeness (QED) is 0.677. The highest BCUT2D eigenvalue weighted by molar-refractivity contribution is 5.96.